The van der Waals surface area contributed by atoms with E-state index in [-0.39, 0.29) is 17.2 Å². The molecule has 0 radical (unpaired) electrons. The monoisotopic (exact) mass is 387 g/mol. The minimum atomic E-state index is -3.25. The van der Waals surface area contributed by atoms with E-state index in [0.717, 1.165) is 0 Å². The van der Waals surface area contributed by atoms with Crippen LogP contribution < -0.4 is 14.9 Å². The van der Waals surface area contributed by atoms with Gasteiger partial charge in [0.25, 0.3) is 0 Å². The molecule has 3 rings (SSSR count). The van der Waals surface area contributed by atoms with Crippen LogP contribution in [-0.2, 0) is 15.4 Å². The molecule has 2 amide bonds. The molecule has 7 heteroatoms. The first kappa shape index (κ1) is 19.2. The highest BCUT2D eigenvalue weighted by molar-refractivity contribution is 7.93. The molecule has 0 unspecified atom stereocenters. The molecule has 1 aliphatic heterocycles. The van der Waals surface area contributed by atoms with Gasteiger partial charge in [0.15, 0.2) is 0 Å². The lowest BCUT2D eigenvalue weighted by molar-refractivity contribution is 0.262. The molecule has 0 spiro atoms. The summed E-state index contributed by atoms with van der Waals surface area (Å²) in [7, 11) is -3.25. The van der Waals surface area contributed by atoms with E-state index in [4.69, 9.17) is 0 Å². The smallest absolute Gasteiger partial charge is 0.308 e. The molecule has 0 atom stereocenters. The second-order valence-corrected chi connectivity index (χ2v) is 9.71. The molecule has 1 saturated heterocycles. The summed E-state index contributed by atoms with van der Waals surface area (Å²) in [6, 6.07) is 14.2. The van der Waals surface area contributed by atoms with Gasteiger partial charge in [-0.3, -0.25) is 4.31 Å². The Morgan fingerprint density at radius 1 is 1.00 bits per heavy atom. The number of hydrogen-bond acceptors (Lipinski definition) is 3. The van der Waals surface area contributed by atoms with Crippen LogP contribution in [0.15, 0.2) is 48.5 Å². The van der Waals surface area contributed by atoms with E-state index in [1.165, 1.54) is 9.87 Å². The maximum absolute atomic E-state index is 12.3. The molecule has 1 heterocycles. The summed E-state index contributed by atoms with van der Waals surface area (Å²) in [6.07, 6.45) is 0.616. The Kier molecular flexibility index (Phi) is 5.15. The van der Waals surface area contributed by atoms with Crippen molar-refractivity contribution in [1.82, 2.24) is 0 Å². The van der Waals surface area contributed by atoms with E-state index in [1.54, 1.807) is 24.3 Å². The van der Waals surface area contributed by atoms with Crippen LogP contribution >= 0.6 is 0 Å². The highest BCUT2D eigenvalue weighted by Crippen LogP contribution is 2.27. The van der Waals surface area contributed by atoms with Crippen LogP contribution in [0.4, 0.5) is 21.9 Å². The second kappa shape index (κ2) is 7.23. The third kappa shape index (κ3) is 4.60. The fourth-order valence-electron chi connectivity index (χ4n) is 3.02. The molecule has 2 aromatic carbocycles. The van der Waals surface area contributed by atoms with E-state index in [2.05, 4.69) is 31.4 Å². The minimum Gasteiger partial charge on any atom is -0.308 e. The molecule has 27 heavy (non-hydrogen) atoms. The second-order valence-electron chi connectivity index (χ2n) is 7.70. The van der Waals surface area contributed by atoms with Crippen molar-refractivity contribution in [2.24, 2.45) is 0 Å². The number of hydrogen-bond donors (Lipinski definition) is 2. The number of rotatable bonds is 3. The summed E-state index contributed by atoms with van der Waals surface area (Å²) in [4.78, 5) is 12.3. The lowest BCUT2D eigenvalue weighted by Crippen LogP contribution is -2.25. The topological polar surface area (TPSA) is 78.5 Å². The SMILES string of the molecule is CC(C)(C)c1ccc(NC(=O)Nc2cccc(N3CCCS3(=O)=O)c2)cc1. The van der Waals surface area contributed by atoms with E-state index in [1.807, 2.05) is 24.3 Å². The Bertz CT molecular complexity index is 932. The normalized spacial score (nSPS) is 16.2. The van der Waals surface area contributed by atoms with Gasteiger partial charge in [0, 0.05) is 17.9 Å². The maximum Gasteiger partial charge on any atom is 0.323 e. The van der Waals surface area contributed by atoms with Crippen molar-refractivity contribution < 1.29 is 13.2 Å². The summed E-state index contributed by atoms with van der Waals surface area (Å²) in [5.74, 6) is 0.162. The zero-order valence-electron chi connectivity index (χ0n) is 15.8. The van der Waals surface area contributed by atoms with Crippen molar-refractivity contribution in [2.45, 2.75) is 32.6 Å². The molecule has 0 saturated carbocycles. The molecular formula is C20H25N3O3S. The molecule has 0 aliphatic carbocycles. The number of carbonyl (C=O) groups excluding carboxylic acids is 1. The zero-order chi connectivity index (χ0) is 19.7. The third-order valence-electron chi connectivity index (χ3n) is 4.50. The summed E-state index contributed by atoms with van der Waals surface area (Å²) in [5, 5.41) is 5.55. The fraction of sp³-hybridized carbons (Fsp3) is 0.350. The van der Waals surface area contributed by atoms with Crippen molar-refractivity contribution in [3.8, 4) is 0 Å². The van der Waals surface area contributed by atoms with Gasteiger partial charge >= 0.3 is 6.03 Å². The van der Waals surface area contributed by atoms with Crippen LogP contribution in [0.25, 0.3) is 0 Å². The molecule has 144 valence electrons. The molecule has 0 aromatic heterocycles. The Morgan fingerprint density at radius 3 is 2.26 bits per heavy atom. The van der Waals surface area contributed by atoms with Gasteiger partial charge in [-0.2, -0.15) is 0 Å². The van der Waals surface area contributed by atoms with Crippen LogP contribution in [0.3, 0.4) is 0 Å². The Hall–Kier alpha value is -2.54. The van der Waals surface area contributed by atoms with Gasteiger partial charge in [0.2, 0.25) is 10.0 Å². The Labute approximate surface area is 160 Å². The van der Waals surface area contributed by atoms with Gasteiger partial charge in [0.05, 0.1) is 11.4 Å². The summed E-state index contributed by atoms with van der Waals surface area (Å²) >= 11 is 0. The Morgan fingerprint density at radius 2 is 1.67 bits per heavy atom. The van der Waals surface area contributed by atoms with Crippen LogP contribution in [-0.4, -0.2) is 26.7 Å². The highest BCUT2D eigenvalue weighted by atomic mass is 32.2. The molecule has 6 nitrogen and oxygen atoms in total. The first-order valence-corrected chi connectivity index (χ1v) is 10.6. The lowest BCUT2D eigenvalue weighted by atomic mass is 9.87. The maximum atomic E-state index is 12.3. The van der Waals surface area contributed by atoms with Crippen molar-refractivity contribution in [2.75, 3.05) is 27.2 Å². The van der Waals surface area contributed by atoms with Gasteiger partial charge in [-0.25, -0.2) is 13.2 Å². The van der Waals surface area contributed by atoms with Gasteiger partial charge < -0.3 is 10.6 Å². The largest absolute Gasteiger partial charge is 0.323 e. The van der Waals surface area contributed by atoms with Crippen LogP contribution in [0.2, 0.25) is 0 Å². The van der Waals surface area contributed by atoms with Gasteiger partial charge in [-0.1, -0.05) is 39.0 Å². The fourth-order valence-corrected chi connectivity index (χ4v) is 4.57. The number of benzene rings is 2. The van der Waals surface area contributed by atoms with Crippen LogP contribution in [0, 0.1) is 0 Å². The number of amides is 2. The van der Waals surface area contributed by atoms with Gasteiger partial charge in [0.1, 0.15) is 0 Å². The quantitative estimate of drug-likeness (QED) is 0.830. The Balaban J connectivity index is 1.67. The van der Waals surface area contributed by atoms with Crippen molar-refractivity contribution in [1.29, 1.82) is 0 Å². The summed E-state index contributed by atoms with van der Waals surface area (Å²) < 4.78 is 25.5. The van der Waals surface area contributed by atoms with Gasteiger partial charge in [-0.05, 0) is 47.7 Å². The first-order chi connectivity index (χ1) is 12.6. The number of sulfonamides is 1. The molecular weight excluding hydrogens is 362 g/mol. The predicted octanol–water partition coefficient (Wildman–Crippen LogP) is 4.17. The highest BCUT2D eigenvalue weighted by Gasteiger charge is 2.28. The van der Waals surface area contributed by atoms with E-state index in [9.17, 15) is 13.2 Å². The zero-order valence-corrected chi connectivity index (χ0v) is 16.6. The number of urea groups is 1. The van der Waals surface area contributed by atoms with Crippen LogP contribution in [0.1, 0.15) is 32.8 Å². The van der Waals surface area contributed by atoms with E-state index < -0.39 is 10.0 Å². The molecule has 2 N–H and O–H groups in total. The van der Waals surface area contributed by atoms with Crippen LogP contribution in [0.5, 0.6) is 0 Å². The molecule has 1 aliphatic rings. The van der Waals surface area contributed by atoms with Crippen molar-refractivity contribution in [3.05, 3.63) is 54.1 Å². The number of nitrogens with zero attached hydrogens (tertiary/aromatic N) is 1. The molecule has 1 fully saturated rings. The van der Waals surface area contributed by atoms with Crippen molar-refractivity contribution in [3.63, 3.8) is 0 Å². The molecule has 0 bridgehead atoms. The lowest BCUT2D eigenvalue weighted by Gasteiger charge is -2.19. The first-order valence-electron chi connectivity index (χ1n) is 8.94. The number of carbonyl (C=O) groups is 1. The predicted molar refractivity (Wildman–Crippen MR) is 110 cm³/mol. The number of anilines is 3. The van der Waals surface area contributed by atoms with E-state index >= 15 is 0 Å². The minimum absolute atomic E-state index is 0.0527. The van der Waals surface area contributed by atoms with Crippen molar-refractivity contribution >= 4 is 33.1 Å². The van der Waals surface area contributed by atoms with Gasteiger partial charge in [-0.15, -0.1) is 0 Å². The third-order valence-corrected chi connectivity index (χ3v) is 6.37. The average molecular weight is 388 g/mol. The number of nitrogens with one attached hydrogen (secondary N) is 2. The average Bonchev–Trinajstić information content (AvgIpc) is 2.94. The standard InChI is InChI=1S/C20H25N3O3S/c1-20(2,3)15-8-10-16(11-9-15)21-19(24)22-17-6-4-7-18(14-17)23-12-5-13-27(23,25)26/h4,6-11,14H,5,12-13H2,1-3H3,(H2,21,22,24). The van der Waals surface area contributed by atoms with E-state index in [0.29, 0.717) is 30.0 Å². The summed E-state index contributed by atoms with van der Waals surface area (Å²) in [5.41, 5.74) is 3.04. The summed E-state index contributed by atoms with van der Waals surface area (Å²) in [6.45, 7) is 6.87. The molecule has 2 aromatic rings.